The summed E-state index contributed by atoms with van der Waals surface area (Å²) in [6.07, 6.45) is 3.11. The molecule has 0 saturated heterocycles. The van der Waals surface area contributed by atoms with Crippen molar-refractivity contribution in [3.05, 3.63) is 0 Å². The predicted molar refractivity (Wildman–Crippen MR) is 38.8 cm³/mol. The highest BCUT2D eigenvalue weighted by molar-refractivity contribution is 14.1. The van der Waals surface area contributed by atoms with Crippen LogP contribution in [0.15, 0.2) is 0 Å². The molecule has 0 bridgehead atoms. The van der Waals surface area contributed by atoms with Gasteiger partial charge in [-0.15, -0.1) is 0 Å². The lowest BCUT2D eigenvalue weighted by atomic mass is 10.3. The van der Waals surface area contributed by atoms with Gasteiger partial charge in [0.25, 0.3) is 0 Å². The summed E-state index contributed by atoms with van der Waals surface area (Å²) in [5, 5.41) is 0. The van der Waals surface area contributed by atoms with Gasteiger partial charge in [0, 0.05) is 0 Å². The molecule has 0 aliphatic carbocycles. The molecular weight excluding hydrogens is 203 g/mol. The number of hydrogen-bond acceptors (Lipinski definition) is 1. The minimum atomic E-state index is 0.239. The number of carbonyl (C=O) groups excluding carboxylic acids is 1. The minimum absolute atomic E-state index is 0.239. The first-order chi connectivity index (χ1) is 3.31. The maximum Gasteiger partial charge on any atom is 0.132 e. The van der Waals surface area contributed by atoms with E-state index < -0.39 is 0 Å². The molecule has 0 aliphatic rings. The molecule has 42 valence electrons. The van der Waals surface area contributed by atoms with Crippen LogP contribution in [0.2, 0.25) is 0 Å². The predicted octanol–water partition coefficient (Wildman–Crippen LogP) is 1.79. The summed E-state index contributed by atoms with van der Waals surface area (Å²) in [5.41, 5.74) is 0. The van der Waals surface area contributed by atoms with E-state index in [-0.39, 0.29) is 3.92 Å². The Morgan fingerprint density at radius 1 is 1.86 bits per heavy atom. The van der Waals surface area contributed by atoms with Crippen LogP contribution in [0, 0.1) is 0 Å². The van der Waals surface area contributed by atoms with Gasteiger partial charge in [0.2, 0.25) is 0 Å². The molecule has 1 nitrogen and oxygen atoms in total. The van der Waals surface area contributed by atoms with Crippen molar-refractivity contribution in [2.24, 2.45) is 0 Å². The van der Waals surface area contributed by atoms with Crippen LogP contribution >= 0.6 is 22.6 Å². The Balaban J connectivity index is 2.98. The molecular formula is C5H9IO. The molecule has 0 saturated carbocycles. The van der Waals surface area contributed by atoms with Crippen molar-refractivity contribution in [3.63, 3.8) is 0 Å². The van der Waals surface area contributed by atoms with Gasteiger partial charge in [-0.1, -0.05) is 35.9 Å². The standard InChI is InChI=1S/C5H9IO/c1-2-3-5(6)4-7/h4-5H,2-3H2,1H3. The van der Waals surface area contributed by atoms with Crippen molar-refractivity contribution < 1.29 is 4.79 Å². The van der Waals surface area contributed by atoms with Crippen LogP contribution in [0.1, 0.15) is 19.8 Å². The van der Waals surface area contributed by atoms with Gasteiger partial charge < -0.3 is 4.79 Å². The van der Waals surface area contributed by atoms with E-state index in [1.165, 1.54) is 0 Å². The van der Waals surface area contributed by atoms with E-state index in [9.17, 15) is 4.79 Å². The average Bonchev–Trinajstić information content (AvgIpc) is 1.68. The lowest BCUT2D eigenvalue weighted by Crippen LogP contribution is -1.95. The highest BCUT2D eigenvalue weighted by Crippen LogP contribution is 2.03. The Labute approximate surface area is 57.6 Å². The zero-order valence-corrected chi connectivity index (χ0v) is 6.51. The summed E-state index contributed by atoms with van der Waals surface area (Å²) in [5.74, 6) is 0. The number of rotatable bonds is 3. The normalized spacial score (nSPS) is 13.4. The first kappa shape index (κ1) is 7.40. The molecule has 0 fully saturated rings. The second-order valence-corrected chi connectivity index (χ2v) is 3.04. The Morgan fingerprint density at radius 2 is 2.43 bits per heavy atom. The molecule has 1 atom stereocenters. The largest absolute Gasteiger partial charge is 0.302 e. The molecule has 0 aromatic rings. The van der Waals surface area contributed by atoms with Crippen LogP contribution in [0.3, 0.4) is 0 Å². The average molecular weight is 212 g/mol. The van der Waals surface area contributed by atoms with Crippen molar-refractivity contribution in [1.82, 2.24) is 0 Å². The van der Waals surface area contributed by atoms with E-state index in [2.05, 4.69) is 29.5 Å². The van der Waals surface area contributed by atoms with Gasteiger partial charge in [-0.25, -0.2) is 0 Å². The fourth-order valence-electron chi connectivity index (χ4n) is 0.344. The molecule has 0 amide bonds. The fourth-order valence-corrected chi connectivity index (χ4v) is 0.967. The van der Waals surface area contributed by atoms with Gasteiger partial charge in [0.05, 0.1) is 3.92 Å². The number of aldehydes is 1. The lowest BCUT2D eigenvalue weighted by Gasteiger charge is -1.92. The third kappa shape index (κ3) is 4.25. The summed E-state index contributed by atoms with van der Waals surface area (Å²) < 4.78 is 0.239. The van der Waals surface area contributed by atoms with Gasteiger partial charge in [0.15, 0.2) is 0 Å². The number of halogens is 1. The molecule has 0 aromatic heterocycles. The molecule has 0 aliphatic heterocycles. The van der Waals surface area contributed by atoms with Crippen molar-refractivity contribution in [1.29, 1.82) is 0 Å². The van der Waals surface area contributed by atoms with Gasteiger partial charge in [-0.3, -0.25) is 0 Å². The third-order valence-corrected chi connectivity index (χ3v) is 1.63. The molecule has 1 unspecified atom stereocenters. The number of alkyl halides is 1. The molecule has 0 spiro atoms. The zero-order chi connectivity index (χ0) is 5.70. The molecule has 0 rings (SSSR count). The summed E-state index contributed by atoms with van der Waals surface area (Å²) >= 11 is 2.14. The van der Waals surface area contributed by atoms with E-state index in [1.54, 1.807) is 0 Å². The second-order valence-electron chi connectivity index (χ2n) is 1.44. The maximum absolute atomic E-state index is 9.89. The van der Waals surface area contributed by atoms with E-state index >= 15 is 0 Å². The first-order valence-corrected chi connectivity index (χ1v) is 3.65. The summed E-state index contributed by atoms with van der Waals surface area (Å²) in [4.78, 5) is 9.89. The quantitative estimate of drug-likeness (QED) is 0.396. The smallest absolute Gasteiger partial charge is 0.132 e. The van der Waals surface area contributed by atoms with Crippen molar-refractivity contribution in [2.45, 2.75) is 23.7 Å². The van der Waals surface area contributed by atoms with E-state index in [0.717, 1.165) is 19.1 Å². The fraction of sp³-hybridized carbons (Fsp3) is 0.800. The van der Waals surface area contributed by atoms with E-state index in [0.29, 0.717) is 0 Å². The Hall–Kier alpha value is 0.400. The third-order valence-electron chi connectivity index (χ3n) is 0.712. The SMILES string of the molecule is CCCC(I)C=O. The van der Waals surface area contributed by atoms with Crippen LogP contribution in [-0.4, -0.2) is 10.2 Å². The van der Waals surface area contributed by atoms with Crippen molar-refractivity contribution in [2.75, 3.05) is 0 Å². The van der Waals surface area contributed by atoms with Crippen LogP contribution < -0.4 is 0 Å². The van der Waals surface area contributed by atoms with E-state index in [4.69, 9.17) is 0 Å². The van der Waals surface area contributed by atoms with Gasteiger partial charge in [-0.05, 0) is 6.42 Å². The molecule has 0 aromatic carbocycles. The molecule has 7 heavy (non-hydrogen) atoms. The molecule has 0 N–H and O–H groups in total. The Morgan fingerprint density at radius 3 is 2.57 bits per heavy atom. The molecule has 0 radical (unpaired) electrons. The summed E-state index contributed by atoms with van der Waals surface area (Å²) in [6, 6.07) is 0. The zero-order valence-electron chi connectivity index (χ0n) is 4.36. The molecule has 0 heterocycles. The van der Waals surface area contributed by atoms with Gasteiger partial charge in [0.1, 0.15) is 6.29 Å². The monoisotopic (exact) mass is 212 g/mol. The van der Waals surface area contributed by atoms with Gasteiger partial charge >= 0.3 is 0 Å². The van der Waals surface area contributed by atoms with Gasteiger partial charge in [-0.2, -0.15) is 0 Å². The highest BCUT2D eigenvalue weighted by atomic mass is 127. The maximum atomic E-state index is 9.89. The molecule has 2 heteroatoms. The lowest BCUT2D eigenvalue weighted by molar-refractivity contribution is -0.107. The minimum Gasteiger partial charge on any atom is -0.302 e. The van der Waals surface area contributed by atoms with Crippen LogP contribution in [0.5, 0.6) is 0 Å². The summed E-state index contributed by atoms with van der Waals surface area (Å²) in [6.45, 7) is 2.08. The van der Waals surface area contributed by atoms with Crippen molar-refractivity contribution >= 4 is 28.9 Å². The van der Waals surface area contributed by atoms with E-state index in [1.807, 2.05) is 0 Å². The Kier molecular flexibility index (Phi) is 4.82. The topological polar surface area (TPSA) is 17.1 Å². The van der Waals surface area contributed by atoms with Crippen LogP contribution in [-0.2, 0) is 4.79 Å². The van der Waals surface area contributed by atoms with Crippen LogP contribution in [0.25, 0.3) is 0 Å². The Bertz CT molecular complexity index is 54.0. The first-order valence-electron chi connectivity index (χ1n) is 2.40. The second kappa shape index (κ2) is 4.56. The van der Waals surface area contributed by atoms with Crippen LogP contribution in [0.4, 0.5) is 0 Å². The summed E-state index contributed by atoms with van der Waals surface area (Å²) in [7, 11) is 0. The van der Waals surface area contributed by atoms with Crippen molar-refractivity contribution in [3.8, 4) is 0 Å². The number of carbonyl (C=O) groups is 1. The number of hydrogen-bond donors (Lipinski definition) is 0. The highest BCUT2D eigenvalue weighted by Gasteiger charge is 1.95.